The van der Waals surface area contributed by atoms with E-state index in [2.05, 4.69) is 16.2 Å². The molecule has 118 valence electrons. The van der Waals surface area contributed by atoms with Crippen LogP contribution in [0.1, 0.15) is 17.0 Å². The Morgan fingerprint density at radius 2 is 1.88 bits per heavy atom. The minimum absolute atomic E-state index is 0.229. The molecule has 0 aliphatic heterocycles. The van der Waals surface area contributed by atoms with E-state index in [1.165, 1.54) is 0 Å². The highest BCUT2D eigenvalue weighted by molar-refractivity contribution is 6.50. The smallest absolute Gasteiger partial charge is 0.269 e. The van der Waals surface area contributed by atoms with Gasteiger partial charge in [-0.25, -0.2) is 0 Å². The molecule has 24 heavy (non-hydrogen) atoms. The Morgan fingerprint density at radius 1 is 1.17 bits per heavy atom. The number of nitriles is 1. The van der Waals surface area contributed by atoms with E-state index in [0.717, 1.165) is 16.9 Å². The number of hydrogen-bond acceptors (Lipinski definition) is 5. The van der Waals surface area contributed by atoms with Crippen LogP contribution in [0.3, 0.4) is 0 Å². The van der Waals surface area contributed by atoms with Gasteiger partial charge in [0, 0.05) is 5.56 Å². The maximum Gasteiger partial charge on any atom is 0.269 e. The average Bonchev–Trinajstić information content (AvgIpc) is 3.13. The molecule has 1 aromatic heterocycles. The number of benzene rings is 2. The van der Waals surface area contributed by atoms with Gasteiger partial charge in [-0.1, -0.05) is 28.9 Å². The van der Waals surface area contributed by atoms with Crippen LogP contribution in [-0.4, -0.2) is 17.3 Å². The van der Waals surface area contributed by atoms with Gasteiger partial charge in [0.2, 0.25) is 5.82 Å². The molecule has 0 bridgehead atoms. The summed E-state index contributed by atoms with van der Waals surface area (Å²) in [6.07, 6.45) is 1.70. The molecule has 0 aliphatic carbocycles. The van der Waals surface area contributed by atoms with Crippen LogP contribution in [0.5, 0.6) is 5.75 Å². The normalized spacial score (nSPS) is 11.1. The van der Waals surface area contributed by atoms with Crippen LogP contribution < -0.4 is 4.74 Å². The summed E-state index contributed by atoms with van der Waals surface area (Å²) in [6, 6.07) is 16.4. The van der Waals surface area contributed by atoms with Crippen LogP contribution >= 0.6 is 11.6 Å². The van der Waals surface area contributed by atoms with Crippen molar-refractivity contribution in [1.82, 2.24) is 10.1 Å². The molecule has 1 heterocycles. The number of hydrogen-bond donors (Lipinski definition) is 0. The Bertz CT molecular complexity index is 907. The highest BCUT2D eigenvalue weighted by Gasteiger charge is 2.11. The summed E-state index contributed by atoms with van der Waals surface area (Å²) in [4.78, 5) is 4.29. The van der Waals surface area contributed by atoms with Crippen LogP contribution in [-0.2, 0) is 0 Å². The summed E-state index contributed by atoms with van der Waals surface area (Å²) in [5.74, 6) is 1.42. The van der Waals surface area contributed by atoms with Crippen molar-refractivity contribution in [1.29, 1.82) is 5.26 Å². The van der Waals surface area contributed by atoms with E-state index >= 15 is 0 Å². The van der Waals surface area contributed by atoms with Crippen LogP contribution in [0.2, 0.25) is 0 Å². The molecule has 0 N–H and O–H groups in total. The van der Waals surface area contributed by atoms with Gasteiger partial charge < -0.3 is 9.26 Å². The van der Waals surface area contributed by atoms with E-state index in [1.54, 1.807) is 37.5 Å². The van der Waals surface area contributed by atoms with Crippen molar-refractivity contribution in [3.63, 3.8) is 0 Å². The molecule has 3 aromatic rings. The van der Waals surface area contributed by atoms with E-state index in [-0.39, 0.29) is 5.89 Å². The average molecular weight is 338 g/mol. The summed E-state index contributed by atoms with van der Waals surface area (Å²) < 4.78 is 10.3. The van der Waals surface area contributed by atoms with Crippen molar-refractivity contribution < 1.29 is 9.26 Å². The minimum atomic E-state index is 0.229. The van der Waals surface area contributed by atoms with Crippen molar-refractivity contribution in [2.75, 3.05) is 7.11 Å². The van der Waals surface area contributed by atoms with E-state index in [4.69, 9.17) is 26.1 Å². The first-order valence-electron chi connectivity index (χ1n) is 7.05. The molecule has 0 amide bonds. The maximum absolute atomic E-state index is 8.80. The molecule has 0 aliphatic rings. The molecule has 3 rings (SSSR count). The molecule has 0 spiro atoms. The second-order valence-electron chi connectivity index (χ2n) is 4.88. The Hall–Kier alpha value is -3.10. The third-order valence-corrected chi connectivity index (χ3v) is 3.58. The largest absolute Gasteiger partial charge is 0.497 e. The zero-order valence-corrected chi connectivity index (χ0v) is 13.5. The lowest BCUT2D eigenvalue weighted by Gasteiger charge is -1.98. The third kappa shape index (κ3) is 3.45. The molecule has 0 unspecified atom stereocenters. The topological polar surface area (TPSA) is 71.9 Å². The maximum atomic E-state index is 8.80. The number of ether oxygens (including phenoxy) is 1. The summed E-state index contributed by atoms with van der Waals surface area (Å²) >= 11 is 6.24. The van der Waals surface area contributed by atoms with Crippen LogP contribution in [0.4, 0.5) is 0 Å². The zero-order chi connectivity index (χ0) is 16.9. The lowest BCUT2D eigenvalue weighted by Crippen LogP contribution is -1.84. The predicted octanol–water partition coefficient (Wildman–Crippen LogP) is 4.35. The van der Waals surface area contributed by atoms with Gasteiger partial charge in [-0.2, -0.15) is 10.2 Å². The van der Waals surface area contributed by atoms with Crippen molar-refractivity contribution in [3.8, 4) is 23.2 Å². The molecule has 0 saturated heterocycles. The molecule has 0 fully saturated rings. The Morgan fingerprint density at radius 3 is 2.50 bits per heavy atom. The Labute approximate surface area is 143 Å². The number of halogens is 1. The molecule has 2 aromatic carbocycles. The second kappa shape index (κ2) is 6.99. The molecule has 0 saturated carbocycles. The van der Waals surface area contributed by atoms with Gasteiger partial charge in [0.25, 0.3) is 5.89 Å². The van der Waals surface area contributed by atoms with Crippen LogP contribution in [0.15, 0.2) is 53.1 Å². The van der Waals surface area contributed by atoms with Crippen molar-refractivity contribution in [3.05, 3.63) is 65.5 Å². The fourth-order valence-corrected chi connectivity index (χ4v) is 2.24. The first-order valence-corrected chi connectivity index (χ1v) is 7.43. The van der Waals surface area contributed by atoms with Gasteiger partial charge in [-0.05, 0) is 48.0 Å². The predicted molar refractivity (Wildman–Crippen MR) is 91.2 cm³/mol. The highest BCUT2D eigenvalue weighted by Crippen LogP contribution is 2.25. The number of nitrogens with zero attached hydrogens (tertiary/aromatic N) is 3. The monoisotopic (exact) mass is 337 g/mol. The minimum Gasteiger partial charge on any atom is -0.497 e. The third-order valence-electron chi connectivity index (χ3n) is 3.31. The van der Waals surface area contributed by atoms with Gasteiger partial charge in [-0.3, -0.25) is 0 Å². The van der Waals surface area contributed by atoms with Gasteiger partial charge in [0.15, 0.2) is 0 Å². The van der Waals surface area contributed by atoms with Gasteiger partial charge in [0.05, 0.1) is 18.7 Å². The Kier molecular flexibility index (Phi) is 4.59. The molecule has 5 nitrogen and oxygen atoms in total. The first-order chi connectivity index (χ1) is 11.7. The quantitative estimate of drug-likeness (QED) is 0.707. The van der Waals surface area contributed by atoms with Crippen LogP contribution in [0, 0.1) is 11.3 Å². The van der Waals surface area contributed by atoms with Gasteiger partial charge >= 0.3 is 0 Å². The lowest BCUT2D eigenvalue weighted by atomic mass is 10.1. The van der Waals surface area contributed by atoms with Crippen molar-refractivity contribution >= 4 is 22.7 Å². The fraction of sp³-hybridized carbons (Fsp3) is 0.0556. The summed E-state index contributed by atoms with van der Waals surface area (Å²) in [5, 5.41) is 13.1. The molecule has 0 atom stereocenters. The van der Waals surface area contributed by atoms with Crippen molar-refractivity contribution in [2.45, 2.75) is 0 Å². The highest BCUT2D eigenvalue weighted by atomic mass is 35.5. The van der Waals surface area contributed by atoms with Crippen LogP contribution in [0.25, 0.3) is 22.5 Å². The SMILES string of the molecule is COc1ccc(-c2noc(/C(Cl)=C/c3ccc(C#N)cc3)n2)cc1. The van der Waals surface area contributed by atoms with Crippen molar-refractivity contribution in [2.24, 2.45) is 0 Å². The summed E-state index contributed by atoms with van der Waals surface area (Å²) in [5.41, 5.74) is 2.22. The van der Waals surface area contributed by atoms with E-state index in [1.807, 2.05) is 24.3 Å². The summed E-state index contributed by atoms with van der Waals surface area (Å²) in [6.45, 7) is 0. The number of aromatic nitrogens is 2. The second-order valence-corrected chi connectivity index (χ2v) is 5.28. The first kappa shape index (κ1) is 15.8. The Balaban J connectivity index is 1.83. The van der Waals surface area contributed by atoms with E-state index < -0.39 is 0 Å². The molecule has 0 radical (unpaired) electrons. The lowest BCUT2D eigenvalue weighted by molar-refractivity contribution is 0.410. The number of methoxy groups -OCH3 is 1. The zero-order valence-electron chi connectivity index (χ0n) is 12.7. The fourth-order valence-electron chi connectivity index (χ4n) is 2.04. The van der Waals surface area contributed by atoms with Gasteiger partial charge in [-0.15, -0.1) is 0 Å². The standard InChI is InChI=1S/C18H12ClN3O2/c1-23-15-8-6-14(7-9-15)17-21-18(24-22-17)16(19)10-12-2-4-13(11-20)5-3-12/h2-10H,1H3/b16-10-. The molecular formula is C18H12ClN3O2. The van der Waals surface area contributed by atoms with Gasteiger partial charge in [0.1, 0.15) is 10.8 Å². The number of rotatable bonds is 4. The summed E-state index contributed by atoms with van der Waals surface area (Å²) in [7, 11) is 1.61. The van der Waals surface area contributed by atoms with E-state index in [9.17, 15) is 0 Å². The van der Waals surface area contributed by atoms with E-state index in [0.29, 0.717) is 16.4 Å². The molecular weight excluding hydrogens is 326 g/mol. The molecule has 6 heteroatoms.